The minimum atomic E-state index is -1.92. The Kier molecular flexibility index (Phi) is 11.8. The Morgan fingerprint density at radius 3 is 2.00 bits per heavy atom. The summed E-state index contributed by atoms with van der Waals surface area (Å²) in [5, 5.41) is 2.51. The van der Waals surface area contributed by atoms with Crippen LogP contribution in [0.1, 0.15) is 58.1 Å². The first-order valence-corrected chi connectivity index (χ1v) is 17.9. The quantitative estimate of drug-likeness (QED) is 0.0957. The van der Waals surface area contributed by atoms with Crippen molar-refractivity contribution in [1.29, 1.82) is 0 Å². The first-order valence-electron chi connectivity index (χ1n) is 16.8. The molecule has 53 heavy (non-hydrogen) atoms. The highest BCUT2D eigenvalue weighted by molar-refractivity contribution is 7.42. The Morgan fingerprint density at radius 1 is 0.830 bits per heavy atom. The van der Waals surface area contributed by atoms with E-state index in [0.717, 1.165) is 16.7 Å². The van der Waals surface area contributed by atoms with Crippen molar-refractivity contribution in [2.75, 3.05) is 11.9 Å². The Bertz CT molecular complexity index is 2020. The van der Waals surface area contributed by atoms with Gasteiger partial charge in [-0.1, -0.05) is 73.3 Å². The number of fused-ring (bicyclic) bond motifs is 1. The van der Waals surface area contributed by atoms with Crippen molar-refractivity contribution in [3.63, 3.8) is 0 Å². The number of benzene rings is 5. The zero-order chi connectivity index (χ0) is 37.6. The van der Waals surface area contributed by atoms with Gasteiger partial charge in [-0.05, 0) is 54.3 Å². The van der Waals surface area contributed by atoms with E-state index in [-0.39, 0.29) is 38.5 Å². The number of nitrogens with zero attached hydrogens (tertiary/aromatic N) is 2. The lowest BCUT2D eigenvalue weighted by molar-refractivity contribution is 0.0950. The number of hydrogen-bond donors (Lipinski definition) is 1. The fourth-order valence-electron chi connectivity index (χ4n) is 5.95. The molecule has 0 unspecified atom stereocenters. The lowest BCUT2D eigenvalue weighted by Crippen LogP contribution is -2.39. The molecule has 12 heteroatoms. The van der Waals surface area contributed by atoms with Crippen molar-refractivity contribution in [3.05, 3.63) is 178 Å². The molecule has 0 fully saturated rings. The van der Waals surface area contributed by atoms with E-state index in [1.54, 1.807) is 31.2 Å². The molecule has 0 saturated heterocycles. The van der Waals surface area contributed by atoms with Crippen LogP contribution in [0.5, 0.6) is 5.75 Å². The van der Waals surface area contributed by atoms with Crippen molar-refractivity contribution >= 4 is 20.2 Å². The third kappa shape index (κ3) is 8.88. The molecule has 1 heterocycles. The van der Waals surface area contributed by atoms with Gasteiger partial charge < -0.3 is 19.6 Å². The number of nitrogens with one attached hydrogen (secondary N) is 1. The zero-order valence-corrected chi connectivity index (χ0v) is 30.3. The maximum Gasteiger partial charge on any atom is 0.397 e. The summed E-state index contributed by atoms with van der Waals surface area (Å²) >= 11 is 0. The Balaban J connectivity index is 0.00000561. The predicted molar refractivity (Wildman–Crippen MR) is 199 cm³/mol. The van der Waals surface area contributed by atoms with Crippen molar-refractivity contribution in [2.45, 2.75) is 46.2 Å². The molecular formula is C41H40F4N3O4P. The van der Waals surface area contributed by atoms with Crippen LogP contribution in [-0.2, 0) is 35.4 Å². The van der Waals surface area contributed by atoms with Gasteiger partial charge in [0.25, 0.3) is 5.91 Å². The SMILES string of the molecule is C=C1N(Cc2c(C)cc(OP(OCc3ccccc3)OCc3ccccc3)cc2F)c2cc(C(=O)NCc3c(F)cc(F)cc3F)ccc2[C@H](C)N1C.[HH]. The molecule has 0 spiro atoms. The summed E-state index contributed by atoms with van der Waals surface area (Å²) in [6.07, 6.45) is 0. The lowest BCUT2D eigenvalue weighted by atomic mass is 9.97. The fraction of sp³-hybridized carbons (Fsp3) is 0.195. The second kappa shape index (κ2) is 16.6. The number of hydrogen-bond acceptors (Lipinski definition) is 6. The number of carbonyl (C=O) groups excluding carboxylic acids is 1. The third-order valence-corrected chi connectivity index (χ3v) is 10.2. The molecule has 0 saturated carbocycles. The van der Waals surface area contributed by atoms with E-state index in [4.69, 9.17) is 13.6 Å². The third-order valence-electron chi connectivity index (χ3n) is 9.11. The maximum absolute atomic E-state index is 16.1. The molecule has 7 nitrogen and oxygen atoms in total. The average Bonchev–Trinajstić information content (AvgIpc) is 3.14. The minimum absolute atomic E-state index is 0. The topological polar surface area (TPSA) is 63.3 Å². The van der Waals surface area contributed by atoms with Crippen molar-refractivity contribution in [1.82, 2.24) is 10.2 Å². The fourth-order valence-corrected chi connectivity index (χ4v) is 6.92. The van der Waals surface area contributed by atoms with Gasteiger partial charge in [0.05, 0.1) is 25.8 Å². The number of amides is 1. The van der Waals surface area contributed by atoms with Gasteiger partial charge in [-0.2, -0.15) is 0 Å². The molecule has 1 aliphatic rings. The van der Waals surface area contributed by atoms with Crippen LogP contribution in [0, 0.1) is 30.2 Å². The van der Waals surface area contributed by atoms with E-state index >= 15 is 4.39 Å². The normalized spacial score (nSPS) is 14.0. The molecule has 0 bridgehead atoms. The van der Waals surface area contributed by atoms with Gasteiger partial charge in [0, 0.05) is 55.6 Å². The summed E-state index contributed by atoms with van der Waals surface area (Å²) in [6, 6.07) is 28.3. The molecule has 6 rings (SSSR count). The molecule has 5 aromatic carbocycles. The van der Waals surface area contributed by atoms with Crippen LogP contribution in [0.4, 0.5) is 23.2 Å². The van der Waals surface area contributed by atoms with Crippen LogP contribution in [-0.4, -0.2) is 17.9 Å². The second-order valence-corrected chi connectivity index (χ2v) is 13.8. The number of aryl methyl sites for hydroxylation is 1. The summed E-state index contributed by atoms with van der Waals surface area (Å²) in [4.78, 5) is 17.0. The summed E-state index contributed by atoms with van der Waals surface area (Å²) < 4.78 is 76.1. The average molecular weight is 746 g/mol. The van der Waals surface area contributed by atoms with E-state index in [9.17, 15) is 18.0 Å². The zero-order valence-electron chi connectivity index (χ0n) is 29.4. The van der Waals surface area contributed by atoms with Crippen LogP contribution in [0.2, 0.25) is 0 Å². The molecule has 1 amide bonds. The van der Waals surface area contributed by atoms with Gasteiger partial charge in [-0.25, -0.2) is 17.6 Å². The van der Waals surface area contributed by atoms with Gasteiger partial charge in [0.1, 0.15) is 34.8 Å². The lowest BCUT2D eigenvalue weighted by Gasteiger charge is -2.43. The van der Waals surface area contributed by atoms with E-state index in [0.29, 0.717) is 34.8 Å². The summed E-state index contributed by atoms with van der Waals surface area (Å²) in [6.45, 7) is 8.09. The predicted octanol–water partition coefficient (Wildman–Crippen LogP) is 10.3. The summed E-state index contributed by atoms with van der Waals surface area (Å²) in [5.41, 5.74) is 4.09. The molecule has 1 aliphatic heterocycles. The van der Waals surface area contributed by atoms with Gasteiger partial charge in [0.15, 0.2) is 0 Å². The van der Waals surface area contributed by atoms with Gasteiger partial charge in [-0.3, -0.25) is 13.8 Å². The maximum atomic E-state index is 16.1. The molecule has 0 aliphatic carbocycles. The van der Waals surface area contributed by atoms with Crippen molar-refractivity contribution < 1.29 is 37.4 Å². The molecular weight excluding hydrogens is 705 g/mol. The van der Waals surface area contributed by atoms with Crippen molar-refractivity contribution in [2.24, 2.45) is 0 Å². The number of anilines is 1. The molecule has 5 aromatic rings. The Morgan fingerprint density at radius 2 is 1.42 bits per heavy atom. The Hall–Kier alpha value is -5.22. The first kappa shape index (κ1) is 37.5. The highest BCUT2D eigenvalue weighted by Crippen LogP contribution is 2.44. The van der Waals surface area contributed by atoms with Gasteiger partial charge in [-0.15, -0.1) is 0 Å². The molecule has 0 radical (unpaired) electrons. The standard InChI is InChI=1S/C41H38F4N3O4P.H2/c1-26-17-33(52-53(50-24-29-11-7-5-8-12-29)51-25-30-13-9-6-10-14-30)21-39(45)36(26)23-48-28(3)47(4)27(2)34-16-15-31(18-40(34)48)41(49)46-22-35-37(43)19-32(42)20-38(35)44;/h5-21,27H,3,22-25H2,1-2,4H3,(H,46,49);1H/t27-;/m0./s1. The highest BCUT2D eigenvalue weighted by atomic mass is 31.2. The monoisotopic (exact) mass is 745 g/mol. The summed E-state index contributed by atoms with van der Waals surface area (Å²) in [7, 11) is -0.0379. The second-order valence-electron chi connectivity index (χ2n) is 12.6. The molecule has 0 aromatic heterocycles. The smallest absolute Gasteiger partial charge is 0.397 e. The van der Waals surface area contributed by atoms with Crippen LogP contribution < -0.4 is 14.7 Å². The van der Waals surface area contributed by atoms with E-state index in [1.807, 2.05) is 84.4 Å². The number of carbonyl (C=O) groups is 1. The largest absolute Gasteiger partial charge is 0.427 e. The minimum Gasteiger partial charge on any atom is -0.427 e. The van der Waals surface area contributed by atoms with Gasteiger partial charge >= 0.3 is 8.60 Å². The van der Waals surface area contributed by atoms with E-state index in [2.05, 4.69) is 11.9 Å². The molecule has 276 valence electrons. The Labute approximate surface area is 308 Å². The first-order chi connectivity index (χ1) is 25.5. The van der Waals surface area contributed by atoms with Crippen LogP contribution in [0.25, 0.3) is 0 Å². The number of halogens is 4. The molecule has 1 N–H and O–H groups in total. The highest BCUT2D eigenvalue weighted by Gasteiger charge is 2.31. The van der Waals surface area contributed by atoms with E-state index in [1.165, 1.54) is 6.07 Å². The van der Waals surface area contributed by atoms with Gasteiger partial charge in [0.2, 0.25) is 0 Å². The van der Waals surface area contributed by atoms with Crippen LogP contribution >= 0.6 is 8.60 Å². The number of rotatable bonds is 13. The van der Waals surface area contributed by atoms with Crippen LogP contribution in [0.3, 0.4) is 0 Å². The molecule has 1 atom stereocenters. The van der Waals surface area contributed by atoms with Crippen LogP contribution in [0.15, 0.2) is 116 Å². The van der Waals surface area contributed by atoms with E-state index < -0.39 is 49.9 Å². The van der Waals surface area contributed by atoms with Crippen molar-refractivity contribution in [3.8, 4) is 5.75 Å². The summed E-state index contributed by atoms with van der Waals surface area (Å²) in [5.74, 6) is -3.55.